The van der Waals surface area contributed by atoms with Crippen LogP contribution in [-0.4, -0.2) is 25.0 Å². The minimum Gasteiger partial charge on any atom is -0.380 e. The van der Waals surface area contributed by atoms with Gasteiger partial charge in [-0.25, -0.2) is 4.98 Å². The minimum atomic E-state index is -0.409. The Hall–Kier alpha value is -2.56. The molecule has 0 radical (unpaired) electrons. The van der Waals surface area contributed by atoms with E-state index in [-0.39, 0.29) is 0 Å². The van der Waals surface area contributed by atoms with Crippen molar-refractivity contribution < 1.29 is 4.79 Å². The molecule has 3 N–H and O–H groups in total. The topological polar surface area (TPSA) is 71.2 Å². The fourth-order valence-electron chi connectivity index (χ4n) is 1.75. The molecule has 0 fully saturated rings. The lowest BCUT2D eigenvalue weighted by atomic mass is 10.1. The standard InChI is InChI=1S/C15H18N4O/c1-19(2)14-8-7-13(10-18-14)17-9-11-3-5-12(6-4-11)15(16)20/h3-8,10,17H,9H2,1-2H3,(H2,16,20). The molecule has 2 aromatic rings. The summed E-state index contributed by atoms with van der Waals surface area (Å²) in [6.07, 6.45) is 1.80. The van der Waals surface area contributed by atoms with E-state index in [2.05, 4.69) is 10.3 Å². The van der Waals surface area contributed by atoms with Crippen LogP contribution in [-0.2, 0) is 6.54 Å². The largest absolute Gasteiger partial charge is 0.380 e. The van der Waals surface area contributed by atoms with Crippen molar-refractivity contribution in [1.29, 1.82) is 0 Å². The van der Waals surface area contributed by atoms with Crippen molar-refractivity contribution in [3.05, 3.63) is 53.7 Å². The van der Waals surface area contributed by atoms with Crippen molar-refractivity contribution in [3.8, 4) is 0 Å². The maximum Gasteiger partial charge on any atom is 0.248 e. The summed E-state index contributed by atoms with van der Waals surface area (Å²) in [6, 6.07) is 11.2. The van der Waals surface area contributed by atoms with Crippen LogP contribution in [0.25, 0.3) is 0 Å². The van der Waals surface area contributed by atoms with E-state index in [0.29, 0.717) is 12.1 Å². The maximum absolute atomic E-state index is 11.0. The third kappa shape index (κ3) is 3.47. The van der Waals surface area contributed by atoms with Gasteiger partial charge in [-0.15, -0.1) is 0 Å². The molecule has 0 aliphatic heterocycles. The highest BCUT2D eigenvalue weighted by molar-refractivity contribution is 5.92. The molecule has 104 valence electrons. The van der Waals surface area contributed by atoms with Crippen molar-refractivity contribution in [2.75, 3.05) is 24.3 Å². The molecule has 0 saturated carbocycles. The lowest BCUT2D eigenvalue weighted by Crippen LogP contribution is -2.11. The van der Waals surface area contributed by atoms with Crippen LogP contribution < -0.4 is 16.0 Å². The first-order valence-corrected chi connectivity index (χ1v) is 6.32. The van der Waals surface area contributed by atoms with Gasteiger partial charge >= 0.3 is 0 Å². The van der Waals surface area contributed by atoms with E-state index in [9.17, 15) is 4.79 Å². The number of nitrogens with zero attached hydrogens (tertiary/aromatic N) is 2. The first-order chi connectivity index (χ1) is 9.56. The van der Waals surface area contributed by atoms with Crippen LogP contribution in [0, 0.1) is 0 Å². The number of amides is 1. The van der Waals surface area contributed by atoms with Crippen molar-refractivity contribution in [1.82, 2.24) is 4.98 Å². The summed E-state index contributed by atoms with van der Waals surface area (Å²) >= 11 is 0. The zero-order valence-electron chi connectivity index (χ0n) is 11.6. The quantitative estimate of drug-likeness (QED) is 0.870. The van der Waals surface area contributed by atoms with E-state index in [1.54, 1.807) is 18.3 Å². The van der Waals surface area contributed by atoms with Crippen LogP contribution in [0.1, 0.15) is 15.9 Å². The number of pyridine rings is 1. The Balaban J connectivity index is 1.96. The molecule has 1 amide bonds. The number of carbonyl (C=O) groups is 1. The monoisotopic (exact) mass is 270 g/mol. The molecule has 0 aliphatic carbocycles. The second kappa shape index (κ2) is 6.06. The summed E-state index contributed by atoms with van der Waals surface area (Å²) < 4.78 is 0. The Morgan fingerprint density at radius 3 is 2.40 bits per heavy atom. The maximum atomic E-state index is 11.0. The SMILES string of the molecule is CN(C)c1ccc(NCc2ccc(C(N)=O)cc2)cn1. The second-order valence-electron chi connectivity index (χ2n) is 4.71. The number of nitrogens with two attached hydrogens (primary N) is 1. The van der Waals surface area contributed by atoms with Crippen LogP contribution in [0.2, 0.25) is 0 Å². The van der Waals surface area contributed by atoms with Gasteiger partial charge in [0.2, 0.25) is 5.91 Å². The van der Waals surface area contributed by atoms with E-state index in [1.807, 2.05) is 43.3 Å². The van der Waals surface area contributed by atoms with E-state index in [0.717, 1.165) is 17.1 Å². The molecule has 5 nitrogen and oxygen atoms in total. The van der Waals surface area contributed by atoms with E-state index in [4.69, 9.17) is 5.73 Å². The van der Waals surface area contributed by atoms with Gasteiger partial charge in [0.05, 0.1) is 11.9 Å². The van der Waals surface area contributed by atoms with Gasteiger partial charge in [0.1, 0.15) is 5.82 Å². The van der Waals surface area contributed by atoms with Crippen LogP contribution in [0.15, 0.2) is 42.6 Å². The van der Waals surface area contributed by atoms with Gasteiger partial charge < -0.3 is 16.0 Å². The van der Waals surface area contributed by atoms with E-state index < -0.39 is 5.91 Å². The predicted molar refractivity (Wildman–Crippen MR) is 80.9 cm³/mol. The van der Waals surface area contributed by atoms with Crippen LogP contribution in [0.3, 0.4) is 0 Å². The second-order valence-corrected chi connectivity index (χ2v) is 4.71. The molecule has 0 saturated heterocycles. The number of hydrogen-bond acceptors (Lipinski definition) is 4. The zero-order valence-corrected chi connectivity index (χ0v) is 11.6. The Labute approximate surface area is 118 Å². The van der Waals surface area contributed by atoms with Gasteiger partial charge in [0.15, 0.2) is 0 Å². The van der Waals surface area contributed by atoms with Gasteiger partial charge in [-0.1, -0.05) is 12.1 Å². The number of nitrogens with one attached hydrogen (secondary N) is 1. The number of benzene rings is 1. The number of hydrogen-bond donors (Lipinski definition) is 2. The Kier molecular flexibility index (Phi) is 4.20. The highest BCUT2D eigenvalue weighted by Crippen LogP contribution is 2.13. The number of carbonyl (C=O) groups excluding carboxylic acids is 1. The molecular weight excluding hydrogens is 252 g/mol. The number of rotatable bonds is 5. The smallest absolute Gasteiger partial charge is 0.248 e. The molecule has 20 heavy (non-hydrogen) atoms. The zero-order chi connectivity index (χ0) is 14.5. The Morgan fingerprint density at radius 1 is 1.20 bits per heavy atom. The first-order valence-electron chi connectivity index (χ1n) is 6.32. The summed E-state index contributed by atoms with van der Waals surface area (Å²) in [6.45, 7) is 0.669. The summed E-state index contributed by atoms with van der Waals surface area (Å²) in [5.74, 6) is 0.509. The molecule has 0 unspecified atom stereocenters. The van der Waals surface area contributed by atoms with Gasteiger partial charge in [0, 0.05) is 26.2 Å². The lowest BCUT2D eigenvalue weighted by molar-refractivity contribution is 0.100. The molecule has 0 aliphatic rings. The van der Waals surface area contributed by atoms with Crippen LogP contribution in [0.5, 0.6) is 0 Å². The molecular formula is C15H18N4O. The average Bonchev–Trinajstić information content (AvgIpc) is 2.46. The van der Waals surface area contributed by atoms with Crippen LogP contribution >= 0.6 is 0 Å². The van der Waals surface area contributed by atoms with Crippen molar-refractivity contribution in [2.45, 2.75) is 6.54 Å². The van der Waals surface area contributed by atoms with Gasteiger partial charge in [0.25, 0.3) is 0 Å². The number of primary amides is 1. The summed E-state index contributed by atoms with van der Waals surface area (Å²) in [4.78, 5) is 17.3. The molecule has 0 spiro atoms. The van der Waals surface area contributed by atoms with Gasteiger partial charge in [-0.3, -0.25) is 4.79 Å². The fraction of sp³-hybridized carbons (Fsp3) is 0.200. The minimum absolute atomic E-state index is 0.409. The Morgan fingerprint density at radius 2 is 1.90 bits per heavy atom. The molecule has 1 aromatic heterocycles. The van der Waals surface area contributed by atoms with Crippen molar-refractivity contribution in [2.24, 2.45) is 5.73 Å². The summed E-state index contributed by atoms with van der Waals surface area (Å²) in [7, 11) is 3.91. The normalized spacial score (nSPS) is 10.1. The molecule has 1 heterocycles. The highest BCUT2D eigenvalue weighted by atomic mass is 16.1. The molecule has 5 heteroatoms. The molecule has 0 atom stereocenters. The fourth-order valence-corrected chi connectivity index (χ4v) is 1.75. The van der Waals surface area contributed by atoms with Crippen LogP contribution in [0.4, 0.5) is 11.5 Å². The third-order valence-corrected chi connectivity index (χ3v) is 2.94. The molecule has 2 rings (SSSR count). The molecule has 0 bridgehead atoms. The summed E-state index contributed by atoms with van der Waals surface area (Å²) in [5.41, 5.74) is 7.75. The molecule has 1 aromatic carbocycles. The average molecular weight is 270 g/mol. The van der Waals surface area contributed by atoms with E-state index >= 15 is 0 Å². The van der Waals surface area contributed by atoms with E-state index in [1.165, 1.54) is 0 Å². The Bertz CT molecular complexity index is 576. The van der Waals surface area contributed by atoms with Gasteiger partial charge in [-0.05, 0) is 29.8 Å². The first kappa shape index (κ1) is 13.9. The lowest BCUT2D eigenvalue weighted by Gasteiger charge is -2.12. The third-order valence-electron chi connectivity index (χ3n) is 2.94. The van der Waals surface area contributed by atoms with Gasteiger partial charge in [-0.2, -0.15) is 0 Å². The highest BCUT2D eigenvalue weighted by Gasteiger charge is 2.01. The van der Waals surface area contributed by atoms with Crippen molar-refractivity contribution in [3.63, 3.8) is 0 Å². The number of anilines is 2. The predicted octanol–water partition coefficient (Wildman–Crippen LogP) is 1.86. The summed E-state index contributed by atoms with van der Waals surface area (Å²) in [5, 5.41) is 3.28. The number of aromatic nitrogens is 1. The van der Waals surface area contributed by atoms with Crippen molar-refractivity contribution >= 4 is 17.4 Å².